The fraction of sp³-hybridized carbons (Fsp3) is 0.500. The van der Waals surface area contributed by atoms with Crippen LogP contribution in [-0.4, -0.2) is 62.2 Å². The third-order valence-corrected chi connectivity index (χ3v) is 6.76. The Morgan fingerprint density at radius 2 is 1.81 bits per heavy atom. The Hall–Kier alpha value is -2.44. The fourth-order valence-electron chi connectivity index (χ4n) is 3.04. The van der Waals surface area contributed by atoms with E-state index in [1.54, 1.807) is 17.0 Å². The van der Waals surface area contributed by atoms with Gasteiger partial charge in [-0.1, -0.05) is 12.1 Å². The summed E-state index contributed by atoms with van der Waals surface area (Å²) in [6.45, 7) is 1.26. The van der Waals surface area contributed by atoms with E-state index >= 15 is 0 Å². The van der Waals surface area contributed by atoms with Gasteiger partial charge in [-0.25, -0.2) is 8.42 Å². The zero-order valence-electron chi connectivity index (χ0n) is 14.9. The largest absolute Gasteiger partial charge is 0.355 e. The molecule has 0 atom stereocenters. The van der Waals surface area contributed by atoms with Crippen LogP contribution in [0.25, 0.3) is 0 Å². The molecule has 1 heterocycles. The summed E-state index contributed by atoms with van der Waals surface area (Å²) in [5.41, 5.74) is 0.113. The normalized spacial score (nSPS) is 18.0. The fourth-order valence-corrected chi connectivity index (χ4v) is 4.61. The quantitative estimate of drug-likeness (QED) is 0.751. The first-order valence-electron chi connectivity index (χ1n) is 8.98. The van der Waals surface area contributed by atoms with Crippen LogP contribution in [-0.2, 0) is 19.6 Å². The SMILES string of the molecule is N#Cc1ccccc1S(=O)(=O)N1CCN(C(=O)CCNC(=O)C2CC2)CC1. The molecule has 144 valence electrons. The van der Waals surface area contributed by atoms with Crippen LogP contribution in [0.3, 0.4) is 0 Å². The van der Waals surface area contributed by atoms with Crippen LogP contribution in [0.5, 0.6) is 0 Å². The van der Waals surface area contributed by atoms with Gasteiger partial charge in [0.2, 0.25) is 21.8 Å². The van der Waals surface area contributed by atoms with E-state index in [-0.39, 0.29) is 47.7 Å². The van der Waals surface area contributed by atoms with Gasteiger partial charge in [-0.2, -0.15) is 9.57 Å². The van der Waals surface area contributed by atoms with Crippen LogP contribution in [0.1, 0.15) is 24.8 Å². The van der Waals surface area contributed by atoms with Gasteiger partial charge in [-0.05, 0) is 25.0 Å². The molecule has 2 amide bonds. The number of sulfonamides is 1. The number of hydrogen-bond donors (Lipinski definition) is 1. The Labute approximate surface area is 158 Å². The molecule has 8 nitrogen and oxygen atoms in total. The minimum atomic E-state index is -3.77. The van der Waals surface area contributed by atoms with Crippen molar-refractivity contribution in [2.75, 3.05) is 32.7 Å². The number of nitriles is 1. The Kier molecular flexibility index (Phi) is 5.77. The van der Waals surface area contributed by atoms with Gasteiger partial charge >= 0.3 is 0 Å². The number of benzene rings is 1. The van der Waals surface area contributed by atoms with Crippen molar-refractivity contribution >= 4 is 21.8 Å². The molecule has 1 saturated carbocycles. The number of hydrogen-bond acceptors (Lipinski definition) is 5. The van der Waals surface area contributed by atoms with Crippen molar-refractivity contribution in [3.05, 3.63) is 29.8 Å². The molecule has 1 saturated heterocycles. The smallest absolute Gasteiger partial charge is 0.244 e. The number of rotatable bonds is 6. The summed E-state index contributed by atoms with van der Waals surface area (Å²) in [5, 5.41) is 11.9. The van der Waals surface area contributed by atoms with Gasteiger partial charge in [0, 0.05) is 45.1 Å². The van der Waals surface area contributed by atoms with Crippen LogP contribution in [0.15, 0.2) is 29.2 Å². The number of carbonyl (C=O) groups excluding carboxylic acids is 2. The average Bonchev–Trinajstić information content (AvgIpc) is 3.53. The lowest BCUT2D eigenvalue weighted by atomic mass is 10.2. The molecule has 0 aromatic heterocycles. The minimum Gasteiger partial charge on any atom is -0.355 e. The molecule has 0 radical (unpaired) electrons. The number of carbonyl (C=O) groups is 2. The van der Waals surface area contributed by atoms with Crippen molar-refractivity contribution in [3.63, 3.8) is 0 Å². The summed E-state index contributed by atoms with van der Waals surface area (Å²) >= 11 is 0. The van der Waals surface area contributed by atoms with E-state index in [9.17, 15) is 18.0 Å². The zero-order chi connectivity index (χ0) is 19.4. The molecule has 0 bridgehead atoms. The van der Waals surface area contributed by atoms with Crippen LogP contribution in [0.2, 0.25) is 0 Å². The molecule has 1 aromatic rings. The second kappa shape index (κ2) is 8.06. The molecule has 1 aliphatic heterocycles. The van der Waals surface area contributed by atoms with Crippen molar-refractivity contribution in [2.24, 2.45) is 5.92 Å². The van der Waals surface area contributed by atoms with E-state index in [2.05, 4.69) is 5.32 Å². The highest BCUT2D eigenvalue weighted by atomic mass is 32.2. The molecule has 1 N–H and O–H groups in total. The maximum absolute atomic E-state index is 12.8. The summed E-state index contributed by atoms with van der Waals surface area (Å²) in [6.07, 6.45) is 2.05. The predicted octanol–water partition coefficient (Wildman–Crippen LogP) is 0.307. The third-order valence-electron chi connectivity index (χ3n) is 4.80. The summed E-state index contributed by atoms with van der Waals surface area (Å²) in [4.78, 5) is 25.4. The highest BCUT2D eigenvalue weighted by Crippen LogP contribution is 2.28. The van der Waals surface area contributed by atoms with Gasteiger partial charge in [-0.15, -0.1) is 0 Å². The molecule has 27 heavy (non-hydrogen) atoms. The monoisotopic (exact) mass is 390 g/mol. The van der Waals surface area contributed by atoms with Crippen LogP contribution < -0.4 is 5.32 Å². The van der Waals surface area contributed by atoms with Gasteiger partial charge in [0.25, 0.3) is 0 Å². The van der Waals surface area contributed by atoms with E-state index in [0.717, 1.165) is 12.8 Å². The first-order valence-corrected chi connectivity index (χ1v) is 10.4. The summed E-state index contributed by atoms with van der Waals surface area (Å²) in [7, 11) is -3.77. The Bertz CT molecular complexity index is 866. The molecule has 0 spiro atoms. The van der Waals surface area contributed by atoms with Gasteiger partial charge in [0.1, 0.15) is 6.07 Å². The number of nitrogens with zero attached hydrogens (tertiary/aromatic N) is 3. The van der Waals surface area contributed by atoms with Gasteiger partial charge < -0.3 is 10.2 Å². The molecule has 9 heteroatoms. The van der Waals surface area contributed by atoms with Gasteiger partial charge in [0.05, 0.1) is 10.5 Å². The average molecular weight is 390 g/mol. The third kappa shape index (κ3) is 4.46. The van der Waals surface area contributed by atoms with Crippen molar-refractivity contribution in [1.82, 2.24) is 14.5 Å². The summed E-state index contributed by atoms with van der Waals surface area (Å²) < 4.78 is 26.9. The first kappa shape index (κ1) is 19.3. The Morgan fingerprint density at radius 1 is 1.15 bits per heavy atom. The Morgan fingerprint density at radius 3 is 2.44 bits per heavy atom. The van der Waals surface area contributed by atoms with E-state index in [1.165, 1.54) is 16.4 Å². The van der Waals surface area contributed by atoms with E-state index < -0.39 is 10.0 Å². The summed E-state index contributed by atoms with van der Waals surface area (Å²) in [6, 6.07) is 8.01. The van der Waals surface area contributed by atoms with Crippen molar-refractivity contribution < 1.29 is 18.0 Å². The topological polar surface area (TPSA) is 111 Å². The number of piperazine rings is 1. The van der Waals surface area contributed by atoms with Crippen molar-refractivity contribution in [2.45, 2.75) is 24.2 Å². The van der Waals surface area contributed by atoms with Crippen LogP contribution >= 0.6 is 0 Å². The van der Waals surface area contributed by atoms with Gasteiger partial charge in [-0.3, -0.25) is 9.59 Å². The predicted molar refractivity (Wildman–Crippen MR) is 96.8 cm³/mol. The second-order valence-corrected chi connectivity index (χ2v) is 8.61. The molecule has 1 aromatic carbocycles. The van der Waals surface area contributed by atoms with Crippen molar-refractivity contribution in [1.29, 1.82) is 5.26 Å². The van der Waals surface area contributed by atoms with E-state index in [4.69, 9.17) is 5.26 Å². The minimum absolute atomic E-state index is 0.00457. The van der Waals surface area contributed by atoms with Crippen molar-refractivity contribution in [3.8, 4) is 6.07 Å². The lowest BCUT2D eigenvalue weighted by Gasteiger charge is -2.34. The zero-order valence-corrected chi connectivity index (χ0v) is 15.7. The van der Waals surface area contributed by atoms with E-state index in [0.29, 0.717) is 19.6 Å². The molecule has 1 aliphatic carbocycles. The van der Waals surface area contributed by atoms with Crippen LogP contribution in [0, 0.1) is 17.2 Å². The maximum atomic E-state index is 12.8. The molecule has 0 unspecified atom stereocenters. The summed E-state index contributed by atoms with van der Waals surface area (Å²) in [5.74, 6) is 0.0283. The second-order valence-electron chi connectivity index (χ2n) is 6.71. The standard InChI is InChI=1S/C18H22N4O4S/c19-13-15-3-1-2-4-16(15)27(25,26)22-11-9-21(10-12-22)17(23)7-8-20-18(24)14-5-6-14/h1-4,14H,5-12H2,(H,20,24). The molecule has 2 aliphatic rings. The molecular formula is C18H22N4O4S. The number of amides is 2. The molecular weight excluding hydrogens is 368 g/mol. The molecule has 3 rings (SSSR count). The highest BCUT2D eigenvalue weighted by Gasteiger charge is 2.32. The van der Waals surface area contributed by atoms with Gasteiger partial charge in [0.15, 0.2) is 0 Å². The number of nitrogens with one attached hydrogen (secondary N) is 1. The van der Waals surface area contributed by atoms with E-state index in [1.807, 2.05) is 6.07 Å². The Balaban J connectivity index is 1.52. The van der Waals surface area contributed by atoms with Crippen LogP contribution in [0.4, 0.5) is 0 Å². The maximum Gasteiger partial charge on any atom is 0.244 e. The highest BCUT2D eigenvalue weighted by molar-refractivity contribution is 7.89. The lowest BCUT2D eigenvalue weighted by molar-refractivity contribution is -0.132. The molecule has 2 fully saturated rings. The lowest BCUT2D eigenvalue weighted by Crippen LogP contribution is -2.51. The first-order chi connectivity index (χ1) is 12.9.